The molecule has 3 nitrogen and oxygen atoms in total. The van der Waals surface area contributed by atoms with Crippen molar-refractivity contribution in [3.05, 3.63) is 59.7 Å². The van der Waals surface area contributed by atoms with Crippen LogP contribution in [0.3, 0.4) is 0 Å². The Kier molecular flexibility index (Phi) is 4.66. The van der Waals surface area contributed by atoms with E-state index in [1.54, 1.807) is 6.92 Å². The molecule has 1 heterocycles. The lowest BCUT2D eigenvalue weighted by molar-refractivity contribution is 0.0342. The van der Waals surface area contributed by atoms with E-state index in [1.165, 1.54) is 11.1 Å². The fraction of sp³-hybridized carbons (Fsp3) is 0.316. The van der Waals surface area contributed by atoms with Crippen LogP contribution in [0.2, 0.25) is 0 Å². The second-order valence-corrected chi connectivity index (χ2v) is 5.68. The molecule has 2 aromatic carbocycles. The summed E-state index contributed by atoms with van der Waals surface area (Å²) in [6.45, 7) is 6.13. The first-order valence-corrected chi connectivity index (χ1v) is 7.73. The summed E-state index contributed by atoms with van der Waals surface area (Å²) in [6, 6.07) is 16.4. The Morgan fingerprint density at radius 1 is 1.05 bits per heavy atom. The number of benzene rings is 2. The normalized spacial score (nSPS) is 15.7. The minimum absolute atomic E-state index is 0.105. The summed E-state index contributed by atoms with van der Waals surface area (Å²) in [4.78, 5) is 13.8. The van der Waals surface area contributed by atoms with E-state index in [9.17, 15) is 4.79 Å². The van der Waals surface area contributed by atoms with Gasteiger partial charge in [-0.2, -0.15) is 0 Å². The van der Waals surface area contributed by atoms with E-state index in [-0.39, 0.29) is 5.78 Å². The molecular weight excluding hydrogens is 274 g/mol. The number of hydrogen-bond donors (Lipinski definition) is 0. The van der Waals surface area contributed by atoms with Crippen LogP contribution in [0.15, 0.2) is 48.5 Å². The van der Waals surface area contributed by atoms with Crippen molar-refractivity contribution in [2.24, 2.45) is 0 Å². The largest absolute Gasteiger partial charge is 0.379 e. The molecule has 0 saturated carbocycles. The minimum atomic E-state index is 0.105. The van der Waals surface area contributed by atoms with Gasteiger partial charge in [0.1, 0.15) is 0 Å². The van der Waals surface area contributed by atoms with Crippen LogP contribution in [0.25, 0.3) is 11.1 Å². The molecule has 3 heteroatoms. The van der Waals surface area contributed by atoms with Crippen LogP contribution in [0.4, 0.5) is 0 Å². The number of hydrogen-bond acceptors (Lipinski definition) is 3. The van der Waals surface area contributed by atoms with Gasteiger partial charge in [0, 0.05) is 25.2 Å². The summed E-state index contributed by atoms with van der Waals surface area (Å²) in [5.74, 6) is 0.105. The van der Waals surface area contributed by atoms with Gasteiger partial charge < -0.3 is 4.74 Å². The van der Waals surface area contributed by atoms with Gasteiger partial charge in [-0.05, 0) is 23.6 Å². The molecule has 114 valence electrons. The summed E-state index contributed by atoms with van der Waals surface area (Å²) >= 11 is 0. The van der Waals surface area contributed by atoms with E-state index in [1.807, 2.05) is 24.3 Å². The van der Waals surface area contributed by atoms with Crippen molar-refractivity contribution in [3.63, 3.8) is 0 Å². The average Bonchev–Trinajstić information content (AvgIpc) is 2.56. The predicted octanol–water partition coefficient (Wildman–Crippen LogP) is 3.39. The van der Waals surface area contributed by atoms with Crippen LogP contribution in [0.5, 0.6) is 0 Å². The lowest BCUT2D eigenvalue weighted by Crippen LogP contribution is -2.35. The number of Topliss-reactive ketones (excluding diaryl/α,β-unsaturated/α-hetero) is 1. The SMILES string of the molecule is CC(=O)c1ccc(-c2ccccc2CN2CCOCC2)cc1. The van der Waals surface area contributed by atoms with Crippen LogP contribution < -0.4 is 0 Å². The average molecular weight is 295 g/mol. The number of carbonyl (C=O) groups is 1. The zero-order valence-electron chi connectivity index (χ0n) is 12.9. The lowest BCUT2D eigenvalue weighted by atomic mass is 9.97. The van der Waals surface area contributed by atoms with Crippen LogP contribution in [-0.2, 0) is 11.3 Å². The molecule has 0 spiro atoms. The lowest BCUT2D eigenvalue weighted by Gasteiger charge is -2.27. The van der Waals surface area contributed by atoms with Crippen molar-refractivity contribution in [2.75, 3.05) is 26.3 Å². The first-order chi connectivity index (χ1) is 10.7. The van der Waals surface area contributed by atoms with Gasteiger partial charge in [0.15, 0.2) is 5.78 Å². The van der Waals surface area contributed by atoms with Crippen molar-refractivity contribution in [1.82, 2.24) is 4.90 Å². The molecule has 0 aromatic heterocycles. The van der Waals surface area contributed by atoms with Gasteiger partial charge >= 0.3 is 0 Å². The third-order valence-electron chi connectivity index (χ3n) is 4.12. The molecule has 0 radical (unpaired) electrons. The van der Waals surface area contributed by atoms with Gasteiger partial charge in [0.25, 0.3) is 0 Å². The van der Waals surface area contributed by atoms with Crippen molar-refractivity contribution in [3.8, 4) is 11.1 Å². The van der Waals surface area contributed by atoms with E-state index in [0.29, 0.717) is 0 Å². The molecule has 0 atom stereocenters. The highest BCUT2D eigenvalue weighted by Gasteiger charge is 2.13. The Labute approximate surface area is 131 Å². The highest BCUT2D eigenvalue weighted by Crippen LogP contribution is 2.25. The molecule has 0 amide bonds. The number of morpholine rings is 1. The predicted molar refractivity (Wildman–Crippen MR) is 88.0 cm³/mol. The van der Waals surface area contributed by atoms with Gasteiger partial charge in [-0.3, -0.25) is 9.69 Å². The maximum atomic E-state index is 11.4. The zero-order valence-corrected chi connectivity index (χ0v) is 12.9. The quantitative estimate of drug-likeness (QED) is 0.810. The fourth-order valence-electron chi connectivity index (χ4n) is 2.82. The molecule has 0 unspecified atom stereocenters. The van der Waals surface area contributed by atoms with Gasteiger partial charge in [0.2, 0.25) is 0 Å². The summed E-state index contributed by atoms with van der Waals surface area (Å²) in [7, 11) is 0. The van der Waals surface area contributed by atoms with Crippen LogP contribution in [0, 0.1) is 0 Å². The van der Waals surface area contributed by atoms with E-state index in [2.05, 4.69) is 29.2 Å². The number of carbonyl (C=O) groups excluding carboxylic acids is 1. The van der Waals surface area contributed by atoms with E-state index < -0.39 is 0 Å². The number of rotatable bonds is 4. The molecule has 1 saturated heterocycles. The summed E-state index contributed by atoms with van der Waals surface area (Å²) in [5.41, 5.74) is 4.48. The summed E-state index contributed by atoms with van der Waals surface area (Å²) < 4.78 is 5.41. The highest BCUT2D eigenvalue weighted by molar-refractivity contribution is 5.94. The van der Waals surface area contributed by atoms with Gasteiger partial charge in [0.05, 0.1) is 13.2 Å². The standard InChI is InChI=1S/C19H21NO2/c1-15(21)16-6-8-17(9-7-16)19-5-3-2-4-18(19)14-20-10-12-22-13-11-20/h2-9H,10-14H2,1H3. The van der Waals surface area contributed by atoms with Gasteiger partial charge in [-0.1, -0.05) is 48.5 Å². The maximum Gasteiger partial charge on any atom is 0.159 e. The smallest absolute Gasteiger partial charge is 0.159 e. The van der Waals surface area contributed by atoms with E-state index >= 15 is 0 Å². The van der Waals surface area contributed by atoms with Crippen LogP contribution in [-0.4, -0.2) is 37.0 Å². The summed E-state index contributed by atoms with van der Waals surface area (Å²) in [5, 5.41) is 0. The van der Waals surface area contributed by atoms with Gasteiger partial charge in [-0.15, -0.1) is 0 Å². The number of ether oxygens (including phenoxy) is 1. The Morgan fingerprint density at radius 2 is 1.73 bits per heavy atom. The first-order valence-electron chi connectivity index (χ1n) is 7.73. The zero-order chi connectivity index (χ0) is 15.4. The Hall–Kier alpha value is -1.97. The third-order valence-corrected chi connectivity index (χ3v) is 4.12. The molecule has 22 heavy (non-hydrogen) atoms. The highest BCUT2D eigenvalue weighted by atomic mass is 16.5. The molecule has 1 aliphatic rings. The Balaban J connectivity index is 1.85. The van der Waals surface area contributed by atoms with Crippen molar-refractivity contribution in [1.29, 1.82) is 0 Å². The fourth-order valence-corrected chi connectivity index (χ4v) is 2.82. The molecule has 0 aliphatic carbocycles. The topological polar surface area (TPSA) is 29.5 Å². The summed E-state index contributed by atoms with van der Waals surface area (Å²) in [6.07, 6.45) is 0. The molecular formula is C19H21NO2. The van der Waals surface area contributed by atoms with Crippen LogP contribution in [0.1, 0.15) is 22.8 Å². The monoisotopic (exact) mass is 295 g/mol. The van der Waals surface area contributed by atoms with Crippen molar-refractivity contribution >= 4 is 5.78 Å². The maximum absolute atomic E-state index is 11.4. The molecule has 0 bridgehead atoms. The first kappa shape index (κ1) is 14.9. The van der Waals surface area contributed by atoms with Crippen molar-refractivity contribution in [2.45, 2.75) is 13.5 Å². The molecule has 1 fully saturated rings. The molecule has 1 aliphatic heterocycles. The Bertz CT molecular complexity index is 643. The van der Waals surface area contributed by atoms with Gasteiger partial charge in [-0.25, -0.2) is 0 Å². The molecule has 3 rings (SSSR count). The van der Waals surface area contributed by atoms with E-state index in [0.717, 1.165) is 44.0 Å². The second-order valence-electron chi connectivity index (χ2n) is 5.68. The molecule has 2 aromatic rings. The minimum Gasteiger partial charge on any atom is -0.379 e. The third kappa shape index (κ3) is 3.43. The number of ketones is 1. The number of nitrogens with zero attached hydrogens (tertiary/aromatic N) is 1. The van der Waals surface area contributed by atoms with Crippen molar-refractivity contribution < 1.29 is 9.53 Å². The second kappa shape index (κ2) is 6.86. The molecule has 0 N–H and O–H groups in total. The van der Waals surface area contributed by atoms with E-state index in [4.69, 9.17) is 4.74 Å². The van der Waals surface area contributed by atoms with Crippen LogP contribution >= 0.6 is 0 Å². The Morgan fingerprint density at radius 3 is 2.41 bits per heavy atom.